The molecular formula is C38H52F2N4O5. The normalized spacial score (nSPS) is 16.2. The lowest BCUT2D eigenvalue weighted by molar-refractivity contribution is 0.0601. The van der Waals surface area contributed by atoms with E-state index in [-0.39, 0.29) is 30.7 Å². The Morgan fingerprint density at radius 2 is 1.41 bits per heavy atom. The molecule has 2 aliphatic rings. The molecule has 3 N–H and O–H groups in total. The molecule has 2 heterocycles. The van der Waals surface area contributed by atoms with Gasteiger partial charge in [0.05, 0.1) is 13.2 Å². The van der Waals surface area contributed by atoms with E-state index >= 15 is 0 Å². The van der Waals surface area contributed by atoms with Gasteiger partial charge in [0.1, 0.15) is 35.5 Å². The first-order chi connectivity index (χ1) is 23.5. The Morgan fingerprint density at radius 1 is 0.857 bits per heavy atom. The number of carbonyl (C=O) groups excluding carboxylic acids is 1. The van der Waals surface area contributed by atoms with Crippen LogP contribution < -0.4 is 10.1 Å². The molecule has 0 radical (unpaired) electrons. The van der Waals surface area contributed by atoms with Gasteiger partial charge in [-0.15, -0.1) is 0 Å². The van der Waals surface area contributed by atoms with Gasteiger partial charge in [-0.25, -0.2) is 13.6 Å². The monoisotopic (exact) mass is 682 g/mol. The van der Waals surface area contributed by atoms with Gasteiger partial charge in [-0.05, 0) is 102 Å². The molecule has 11 heteroatoms. The van der Waals surface area contributed by atoms with Crippen molar-refractivity contribution in [1.82, 2.24) is 20.0 Å². The second-order valence-corrected chi connectivity index (χ2v) is 13.6. The molecule has 0 aliphatic carbocycles. The van der Waals surface area contributed by atoms with Gasteiger partial charge < -0.3 is 39.7 Å². The number of piperidine rings is 2. The van der Waals surface area contributed by atoms with E-state index in [1.807, 2.05) is 24.3 Å². The molecule has 2 fully saturated rings. The van der Waals surface area contributed by atoms with Gasteiger partial charge in [-0.3, -0.25) is 0 Å². The molecule has 0 spiro atoms. The summed E-state index contributed by atoms with van der Waals surface area (Å²) in [5.41, 5.74) is 2.11. The van der Waals surface area contributed by atoms with Crippen molar-refractivity contribution in [2.45, 2.75) is 71.3 Å². The van der Waals surface area contributed by atoms with Crippen LogP contribution in [0.15, 0.2) is 60.7 Å². The first-order valence-electron chi connectivity index (χ1n) is 17.2. The number of nitrogens with one attached hydrogen (secondary N) is 1. The van der Waals surface area contributed by atoms with Crippen molar-refractivity contribution in [3.05, 3.63) is 89.0 Å². The van der Waals surface area contributed by atoms with E-state index in [1.165, 1.54) is 18.2 Å². The molecule has 9 nitrogen and oxygen atoms in total. The second kappa shape index (κ2) is 18.7. The standard InChI is InChI=1S/C25H33FN2O4.C13H19FN2O/c1-18(2)16-31-23-8-4-19(5-9-23)17-32-25(30)28(22-10-12-27(3)13-11-22)15-20-6-7-21(26)14-24(20)29;1-16-6-4-12(5-7-16)15-9-10-2-3-11(14)8-13(10)17/h4-9,14,18,22,29H,10-13,15-17H2,1-3H3;2-3,8,12,15,17H,4-7,9H2,1H3. The van der Waals surface area contributed by atoms with Gasteiger partial charge in [-0.2, -0.15) is 0 Å². The predicted octanol–water partition coefficient (Wildman–Crippen LogP) is 6.51. The highest BCUT2D eigenvalue weighted by atomic mass is 19.1. The minimum atomic E-state index is -0.513. The zero-order valence-electron chi connectivity index (χ0n) is 29.2. The Morgan fingerprint density at radius 3 is 1.96 bits per heavy atom. The molecule has 3 aromatic rings. The third-order valence-electron chi connectivity index (χ3n) is 8.97. The Kier molecular flexibility index (Phi) is 14.5. The molecule has 0 bridgehead atoms. The van der Waals surface area contributed by atoms with Crippen molar-refractivity contribution < 1.29 is 33.3 Å². The highest BCUT2D eigenvalue weighted by molar-refractivity contribution is 5.68. The Hall–Kier alpha value is -3.93. The number of halogens is 2. The van der Waals surface area contributed by atoms with Crippen LogP contribution in [0, 0.1) is 17.6 Å². The van der Waals surface area contributed by atoms with Crippen LogP contribution in [-0.2, 0) is 24.4 Å². The topological polar surface area (TPSA) is 97.7 Å². The summed E-state index contributed by atoms with van der Waals surface area (Å²) in [5, 5.41) is 23.1. The molecule has 5 rings (SSSR count). The van der Waals surface area contributed by atoms with Crippen LogP contribution in [0.1, 0.15) is 56.2 Å². The van der Waals surface area contributed by atoms with Crippen molar-refractivity contribution in [3.63, 3.8) is 0 Å². The maximum absolute atomic E-state index is 13.4. The summed E-state index contributed by atoms with van der Waals surface area (Å²) in [5.74, 6) is 0.194. The van der Waals surface area contributed by atoms with E-state index < -0.39 is 17.7 Å². The van der Waals surface area contributed by atoms with Crippen molar-refractivity contribution in [3.8, 4) is 17.2 Å². The molecule has 1 amide bonds. The summed E-state index contributed by atoms with van der Waals surface area (Å²) in [4.78, 5) is 19.2. The number of nitrogens with zero attached hydrogens (tertiary/aromatic N) is 3. The highest BCUT2D eigenvalue weighted by Crippen LogP contribution is 2.25. The number of aromatic hydroxyl groups is 2. The van der Waals surface area contributed by atoms with Gasteiger partial charge >= 0.3 is 6.09 Å². The lowest BCUT2D eigenvalue weighted by Gasteiger charge is -2.36. The fourth-order valence-electron chi connectivity index (χ4n) is 5.83. The molecule has 0 aromatic heterocycles. The van der Waals surface area contributed by atoms with Crippen LogP contribution in [0.4, 0.5) is 13.6 Å². The van der Waals surface area contributed by atoms with E-state index in [2.05, 4.69) is 43.1 Å². The summed E-state index contributed by atoms with van der Waals surface area (Å²) in [6, 6.07) is 16.0. The van der Waals surface area contributed by atoms with E-state index in [4.69, 9.17) is 9.47 Å². The largest absolute Gasteiger partial charge is 0.508 e. The van der Waals surface area contributed by atoms with Gasteiger partial charge in [0.2, 0.25) is 0 Å². The number of phenols is 2. The smallest absolute Gasteiger partial charge is 0.410 e. The van der Waals surface area contributed by atoms with Gasteiger partial charge in [-0.1, -0.05) is 38.1 Å². The number of amides is 1. The predicted molar refractivity (Wildman–Crippen MR) is 187 cm³/mol. The van der Waals surface area contributed by atoms with E-state index in [0.717, 1.165) is 80.9 Å². The fraction of sp³-hybridized carbons (Fsp3) is 0.500. The van der Waals surface area contributed by atoms with Crippen molar-refractivity contribution in [2.75, 3.05) is 46.9 Å². The van der Waals surface area contributed by atoms with Crippen LogP contribution >= 0.6 is 0 Å². The average Bonchev–Trinajstić information content (AvgIpc) is 3.07. The van der Waals surface area contributed by atoms with Crippen LogP contribution in [-0.4, -0.2) is 90.0 Å². The minimum absolute atomic E-state index is 0.00466. The molecule has 268 valence electrons. The minimum Gasteiger partial charge on any atom is -0.508 e. The lowest BCUT2D eigenvalue weighted by Crippen LogP contribution is -2.46. The maximum atomic E-state index is 13.4. The molecule has 2 saturated heterocycles. The summed E-state index contributed by atoms with van der Waals surface area (Å²) >= 11 is 0. The first-order valence-corrected chi connectivity index (χ1v) is 17.2. The molecule has 2 aliphatic heterocycles. The number of ether oxygens (including phenoxy) is 2. The van der Waals surface area contributed by atoms with Gasteiger partial charge in [0.15, 0.2) is 0 Å². The maximum Gasteiger partial charge on any atom is 0.410 e. The number of hydrogen-bond acceptors (Lipinski definition) is 8. The van der Waals surface area contributed by atoms with Crippen molar-refractivity contribution in [2.24, 2.45) is 5.92 Å². The quantitative estimate of drug-likeness (QED) is 0.211. The molecule has 0 atom stereocenters. The number of carbonyl (C=O) groups is 1. The number of benzene rings is 3. The van der Waals surface area contributed by atoms with Crippen LogP contribution in [0.25, 0.3) is 0 Å². The first kappa shape index (κ1) is 37.9. The number of rotatable bonds is 11. The van der Waals surface area contributed by atoms with Crippen LogP contribution in [0.2, 0.25) is 0 Å². The third kappa shape index (κ3) is 12.5. The summed E-state index contributed by atoms with van der Waals surface area (Å²) < 4.78 is 37.5. The van der Waals surface area contributed by atoms with Gasteiger partial charge in [0.25, 0.3) is 0 Å². The van der Waals surface area contributed by atoms with E-state index in [9.17, 15) is 23.8 Å². The molecule has 0 unspecified atom stereocenters. The number of hydrogen-bond donors (Lipinski definition) is 3. The molecule has 49 heavy (non-hydrogen) atoms. The lowest BCUT2D eigenvalue weighted by atomic mass is 10.0. The molecular weight excluding hydrogens is 630 g/mol. The number of phenolic OH excluding ortho intramolecular Hbond substituents is 2. The Labute approximate surface area is 289 Å². The van der Waals surface area contributed by atoms with E-state index in [0.29, 0.717) is 30.7 Å². The van der Waals surface area contributed by atoms with Crippen LogP contribution in [0.3, 0.4) is 0 Å². The molecule has 3 aromatic carbocycles. The second-order valence-electron chi connectivity index (χ2n) is 13.6. The zero-order chi connectivity index (χ0) is 35.3. The summed E-state index contributed by atoms with van der Waals surface area (Å²) in [6.45, 7) is 9.70. The summed E-state index contributed by atoms with van der Waals surface area (Å²) in [6.07, 6.45) is 3.44. The van der Waals surface area contributed by atoms with Crippen molar-refractivity contribution >= 4 is 6.09 Å². The van der Waals surface area contributed by atoms with Crippen molar-refractivity contribution in [1.29, 1.82) is 0 Å². The summed E-state index contributed by atoms with van der Waals surface area (Å²) in [7, 11) is 4.18. The van der Waals surface area contributed by atoms with Gasteiger partial charge in [0, 0.05) is 41.9 Å². The molecule has 0 saturated carbocycles. The Bertz CT molecular complexity index is 1460. The Balaban J connectivity index is 0.000000266. The highest BCUT2D eigenvalue weighted by Gasteiger charge is 2.29. The van der Waals surface area contributed by atoms with E-state index in [1.54, 1.807) is 11.0 Å². The third-order valence-corrected chi connectivity index (χ3v) is 8.97. The SMILES string of the molecule is CC(C)COc1ccc(COC(=O)N(Cc2ccc(F)cc2O)C2CCN(C)CC2)cc1.CN1CCC(NCc2ccc(F)cc2O)CC1. The number of likely N-dealkylation sites (tertiary alicyclic amines) is 2. The fourth-order valence-corrected chi connectivity index (χ4v) is 5.83. The van der Waals surface area contributed by atoms with Crippen LogP contribution in [0.5, 0.6) is 17.2 Å². The zero-order valence-corrected chi connectivity index (χ0v) is 29.2. The average molecular weight is 683 g/mol.